The minimum Gasteiger partial charge on any atom is -0.330 e. The molecule has 8 heteroatoms. The molecule has 8 nitrogen and oxygen atoms in total. The van der Waals surface area contributed by atoms with Crippen LogP contribution in [0.2, 0.25) is 0 Å². The molecule has 0 fully saturated rings. The van der Waals surface area contributed by atoms with Gasteiger partial charge in [-0.1, -0.05) is 55.0 Å². The molecular weight excluding hydrogens is 452 g/mol. The van der Waals surface area contributed by atoms with Gasteiger partial charge in [0.25, 0.3) is 11.5 Å². The second kappa shape index (κ2) is 10.9. The van der Waals surface area contributed by atoms with Crippen LogP contribution in [0.4, 0.5) is 0 Å². The fourth-order valence-corrected chi connectivity index (χ4v) is 4.57. The summed E-state index contributed by atoms with van der Waals surface area (Å²) in [4.78, 5) is 34.3. The molecule has 0 bridgehead atoms. The van der Waals surface area contributed by atoms with Crippen molar-refractivity contribution in [3.05, 3.63) is 93.2 Å². The first-order valence-corrected chi connectivity index (χ1v) is 12.4. The molecule has 0 spiro atoms. The molecule has 1 unspecified atom stereocenters. The highest BCUT2D eigenvalue weighted by molar-refractivity contribution is 5.94. The molecule has 2 heterocycles. The number of hydrogen-bond acceptors (Lipinski definition) is 5. The average Bonchev–Trinajstić information content (AvgIpc) is 3.17. The second-order valence-corrected chi connectivity index (χ2v) is 9.19. The van der Waals surface area contributed by atoms with Crippen LogP contribution in [-0.4, -0.2) is 43.2 Å². The summed E-state index contributed by atoms with van der Waals surface area (Å²) < 4.78 is 3.39. The number of aryl methyl sites for hydroxylation is 3. The lowest BCUT2D eigenvalue weighted by Gasteiger charge is -2.32. The first-order valence-electron chi connectivity index (χ1n) is 12.4. The lowest BCUT2D eigenvalue weighted by Crippen LogP contribution is -2.40. The number of carbonyl (C=O) groups excluding carboxylic acids is 1. The normalized spacial score (nSPS) is 12.1. The van der Waals surface area contributed by atoms with Crippen molar-refractivity contribution < 1.29 is 4.79 Å². The maximum absolute atomic E-state index is 13.9. The third-order valence-corrected chi connectivity index (χ3v) is 6.68. The Kier molecular flexibility index (Phi) is 7.64. The molecule has 0 aliphatic carbocycles. The number of hydrogen-bond donors (Lipinski definition) is 1. The summed E-state index contributed by atoms with van der Waals surface area (Å²) in [6.07, 6.45) is 1.22. The highest BCUT2D eigenvalue weighted by atomic mass is 16.2. The summed E-state index contributed by atoms with van der Waals surface area (Å²) in [7, 11) is 1.81. The van der Waals surface area contributed by atoms with Crippen LogP contribution < -0.4 is 11.3 Å². The van der Waals surface area contributed by atoms with Gasteiger partial charge in [-0.2, -0.15) is 5.10 Å². The van der Waals surface area contributed by atoms with E-state index in [0.29, 0.717) is 54.9 Å². The number of nitrogens with zero attached hydrogens (tertiary/aromatic N) is 5. The summed E-state index contributed by atoms with van der Waals surface area (Å²) in [6, 6.07) is 17.0. The molecule has 4 aromatic rings. The van der Waals surface area contributed by atoms with E-state index in [1.54, 1.807) is 9.25 Å². The van der Waals surface area contributed by atoms with Crippen LogP contribution in [0.15, 0.2) is 59.4 Å². The molecule has 0 saturated carbocycles. The summed E-state index contributed by atoms with van der Waals surface area (Å²) in [5.41, 5.74) is 9.53. The number of benzene rings is 2. The highest BCUT2D eigenvalue weighted by Gasteiger charge is 2.30. The van der Waals surface area contributed by atoms with E-state index in [1.807, 2.05) is 87.3 Å². The van der Waals surface area contributed by atoms with Gasteiger partial charge in [0.2, 0.25) is 0 Å². The van der Waals surface area contributed by atoms with Crippen molar-refractivity contribution in [2.45, 2.75) is 46.2 Å². The van der Waals surface area contributed by atoms with Crippen molar-refractivity contribution in [3.8, 4) is 0 Å². The molecule has 1 amide bonds. The first-order chi connectivity index (χ1) is 17.3. The molecule has 4 rings (SSSR count). The Labute approximate surface area is 211 Å². The van der Waals surface area contributed by atoms with Gasteiger partial charge in [-0.25, -0.2) is 4.98 Å². The Morgan fingerprint density at radius 1 is 1.08 bits per heavy atom. The van der Waals surface area contributed by atoms with Crippen LogP contribution in [0, 0.1) is 13.8 Å². The maximum Gasteiger partial charge on any atom is 0.265 e. The van der Waals surface area contributed by atoms with Crippen LogP contribution in [0.5, 0.6) is 0 Å². The summed E-state index contributed by atoms with van der Waals surface area (Å²) in [6.45, 7) is 7.14. The predicted octanol–water partition coefficient (Wildman–Crippen LogP) is 3.74. The minimum absolute atomic E-state index is 0.104. The molecular formula is C28H34N6O2. The molecule has 2 aromatic heterocycles. The van der Waals surface area contributed by atoms with Crippen LogP contribution >= 0.6 is 0 Å². The van der Waals surface area contributed by atoms with Crippen molar-refractivity contribution >= 4 is 16.9 Å². The predicted molar refractivity (Wildman–Crippen MR) is 142 cm³/mol. The van der Waals surface area contributed by atoms with E-state index in [1.165, 1.54) is 0 Å². The Morgan fingerprint density at radius 3 is 2.42 bits per heavy atom. The monoisotopic (exact) mass is 486 g/mol. The lowest BCUT2D eigenvalue weighted by molar-refractivity contribution is 0.0655. The minimum atomic E-state index is -0.423. The standard InChI is InChI=1S/C28H34N6O2/c1-5-23(33(17-9-16-29)27(35)22-14-12-19(2)13-15-22)26-30-25-24(20(3)32(4)31-25)28(36)34(26)18-21-10-7-6-8-11-21/h6-8,10-15,23H,5,9,16-18,29H2,1-4H3. The number of amides is 1. The Hall–Kier alpha value is -3.78. The van der Waals surface area contributed by atoms with Gasteiger partial charge in [0.1, 0.15) is 11.2 Å². The molecule has 36 heavy (non-hydrogen) atoms. The van der Waals surface area contributed by atoms with Crippen LogP contribution in [-0.2, 0) is 13.6 Å². The van der Waals surface area contributed by atoms with Gasteiger partial charge in [0.05, 0.1) is 18.3 Å². The van der Waals surface area contributed by atoms with E-state index in [9.17, 15) is 9.59 Å². The second-order valence-electron chi connectivity index (χ2n) is 9.19. The van der Waals surface area contributed by atoms with Crippen molar-refractivity contribution in [2.75, 3.05) is 13.1 Å². The van der Waals surface area contributed by atoms with Gasteiger partial charge in [-0.3, -0.25) is 18.8 Å². The molecule has 188 valence electrons. The SMILES string of the molecule is CCC(c1nc2nn(C)c(C)c2c(=O)n1Cc1ccccc1)N(CCCN)C(=O)c1ccc(C)cc1. The maximum atomic E-state index is 13.9. The van der Waals surface area contributed by atoms with E-state index in [4.69, 9.17) is 10.7 Å². The number of fused-ring (bicyclic) bond motifs is 1. The molecule has 0 aliphatic heterocycles. The van der Waals surface area contributed by atoms with Crippen molar-refractivity contribution in [1.29, 1.82) is 0 Å². The Bertz CT molecular complexity index is 1410. The number of aromatic nitrogens is 4. The van der Waals surface area contributed by atoms with Crippen molar-refractivity contribution in [2.24, 2.45) is 12.8 Å². The number of carbonyl (C=O) groups is 1. The van der Waals surface area contributed by atoms with E-state index >= 15 is 0 Å². The van der Waals surface area contributed by atoms with Crippen molar-refractivity contribution in [1.82, 2.24) is 24.2 Å². The summed E-state index contributed by atoms with van der Waals surface area (Å²) in [5.74, 6) is 0.433. The molecule has 2 aromatic carbocycles. The first kappa shape index (κ1) is 25.3. The summed E-state index contributed by atoms with van der Waals surface area (Å²) in [5, 5.41) is 5.01. The molecule has 1 atom stereocenters. The van der Waals surface area contributed by atoms with E-state index < -0.39 is 6.04 Å². The summed E-state index contributed by atoms with van der Waals surface area (Å²) >= 11 is 0. The van der Waals surface area contributed by atoms with Crippen LogP contribution in [0.25, 0.3) is 11.0 Å². The van der Waals surface area contributed by atoms with Gasteiger partial charge in [0, 0.05) is 19.2 Å². The fourth-order valence-electron chi connectivity index (χ4n) is 4.57. The molecule has 0 saturated heterocycles. The molecule has 0 aliphatic rings. The average molecular weight is 487 g/mol. The zero-order valence-electron chi connectivity index (χ0n) is 21.4. The fraction of sp³-hybridized carbons (Fsp3) is 0.357. The van der Waals surface area contributed by atoms with Crippen LogP contribution in [0.3, 0.4) is 0 Å². The Morgan fingerprint density at radius 2 is 1.78 bits per heavy atom. The van der Waals surface area contributed by atoms with Gasteiger partial charge >= 0.3 is 0 Å². The quantitative estimate of drug-likeness (QED) is 0.389. The zero-order chi connectivity index (χ0) is 25.8. The van der Waals surface area contributed by atoms with E-state index in [2.05, 4.69) is 5.10 Å². The topological polar surface area (TPSA) is 99.0 Å². The molecule has 0 radical (unpaired) electrons. The highest BCUT2D eigenvalue weighted by Crippen LogP contribution is 2.27. The van der Waals surface area contributed by atoms with Gasteiger partial charge in [-0.05, 0) is 50.9 Å². The number of rotatable bonds is 9. The van der Waals surface area contributed by atoms with Crippen molar-refractivity contribution in [3.63, 3.8) is 0 Å². The van der Waals surface area contributed by atoms with Gasteiger partial charge < -0.3 is 10.6 Å². The Balaban J connectivity index is 1.89. The van der Waals surface area contributed by atoms with Crippen LogP contribution in [0.1, 0.15) is 58.8 Å². The zero-order valence-corrected chi connectivity index (χ0v) is 21.4. The van der Waals surface area contributed by atoms with E-state index in [0.717, 1.165) is 16.8 Å². The lowest BCUT2D eigenvalue weighted by atomic mass is 10.1. The third kappa shape index (κ3) is 4.95. The smallest absolute Gasteiger partial charge is 0.265 e. The third-order valence-electron chi connectivity index (χ3n) is 6.68. The number of nitrogens with two attached hydrogens (primary N) is 1. The van der Waals surface area contributed by atoms with Gasteiger partial charge in [0.15, 0.2) is 5.65 Å². The van der Waals surface area contributed by atoms with Gasteiger partial charge in [-0.15, -0.1) is 0 Å². The molecule has 2 N–H and O–H groups in total. The van der Waals surface area contributed by atoms with E-state index in [-0.39, 0.29) is 11.5 Å². The largest absolute Gasteiger partial charge is 0.330 e.